The Balaban J connectivity index is 1.58. The minimum atomic E-state index is 0.328. The Morgan fingerprint density at radius 2 is 2.16 bits per heavy atom. The molecule has 0 bridgehead atoms. The van der Waals surface area contributed by atoms with E-state index in [-0.39, 0.29) is 0 Å². The lowest BCUT2D eigenvalue weighted by molar-refractivity contribution is 0.0179. The van der Waals surface area contributed by atoms with Crippen LogP contribution in [0, 0.1) is 6.92 Å². The molecule has 0 saturated carbocycles. The summed E-state index contributed by atoms with van der Waals surface area (Å²) in [6.07, 6.45) is 2.65. The molecule has 0 aliphatic carbocycles. The van der Waals surface area contributed by atoms with Crippen LogP contribution in [0.15, 0.2) is 24.3 Å². The fourth-order valence-corrected chi connectivity index (χ4v) is 2.31. The summed E-state index contributed by atoms with van der Waals surface area (Å²) in [7, 11) is 0. The third kappa shape index (κ3) is 4.94. The zero-order valence-corrected chi connectivity index (χ0v) is 12.0. The number of hydrogen-bond donors (Lipinski definition) is 1. The van der Waals surface area contributed by atoms with Gasteiger partial charge in [-0.2, -0.15) is 0 Å². The fourth-order valence-electron chi connectivity index (χ4n) is 2.31. The lowest BCUT2D eigenvalue weighted by Gasteiger charge is -2.15. The van der Waals surface area contributed by atoms with E-state index in [2.05, 4.69) is 43.4 Å². The van der Waals surface area contributed by atoms with E-state index in [4.69, 9.17) is 9.47 Å². The van der Waals surface area contributed by atoms with Crippen molar-refractivity contribution in [2.75, 3.05) is 26.4 Å². The van der Waals surface area contributed by atoms with E-state index in [0.29, 0.717) is 12.1 Å². The molecule has 1 aliphatic heterocycles. The normalized spacial score (nSPS) is 20.6. The third-order valence-corrected chi connectivity index (χ3v) is 3.60. The lowest BCUT2D eigenvalue weighted by atomic mass is 10.1. The molecule has 106 valence electrons. The van der Waals surface area contributed by atoms with Crippen LogP contribution in [-0.2, 0) is 9.47 Å². The second-order valence-electron chi connectivity index (χ2n) is 5.30. The second-order valence-corrected chi connectivity index (χ2v) is 5.30. The van der Waals surface area contributed by atoms with Crippen LogP contribution in [0.25, 0.3) is 0 Å². The van der Waals surface area contributed by atoms with Crippen molar-refractivity contribution in [3.8, 4) is 0 Å². The highest BCUT2D eigenvalue weighted by Gasteiger charge is 2.15. The summed E-state index contributed by atoms with van der Waals surface area (Å²) >= 11 is 0. The average Bonchev–Trinajstić information content (AvgIpc) is 2.92. The number of benzene rings is 1. The first-order valence-electron chi connectivity index (χ1n) is 7.25. The zero-order valence-electron chi connectivity index (χ0n) is 12.0. The van der Waals surface area contributed by atoms with Gasteiger partial charge in [-0.05, 0) is 32.3 Å². The number of ether oxygens (including phenoxy) is 2. The van der Waals surface area contributed by atoms with Crippen molar-refractivity contribution in [1.82, 2.24) is 5.32 Å². The number of rotatable bonds is 7. The van der Waals surface area contributed by atoms with Gasteiger partial charge in [-0.1, -0.05) is 29.8 Å². The van der Waals surface area contributed by atoms with E-state index in [1.165, 1.54) is 17.5 Å². The van der Waals surface area contributed by atoms with E-state index in [1.807, 2.05) is 0 Å². The van der Waals surface area contributed by atoms with Gasteiger partial charge in [0.1, 0.15) is 0 Å². The molecule has 1 heterocycles. The first kappa shape index (κ1) is 14.5. The summed E-state index contributed by atoms with van der Waals surface area (Å²) in [4.78, 5) is 0. The number of nitrogens with one attached hydrogen (secondary N) is 1. The SMILES string of the molecule is Cc1ccc(C(C)NCCOCC2CCCO2)cc1. The molecule has 1 aromatic carbocycles. The van der Waals surface area contributed by atoms with Gasteiger partial charge in [0.05, 0.1) is 19.3 Å². The molecule has 0 radical (unpaired) electrons. The molecule has 1 fully saturated rings. The Labute approximate surface area is 116 Å². The molecule has 0 aromatic heterocycles. The van der Waals surface area contributed by atoms with Gasteiger partial charge < -0.3 is 14.8 Å². The molecular weight excluding hydrogens is 238 g/mol. The van der Waals surface area contributed by atoms with E-state index >= 15 is 0 Å². The Morgan fingerprint density at radius 3 is 2.84 bits per heavy atom. The number of aryl methyl sites for hydroxylation is 1. The van der Waals surface area contributed by atoms with Gasteiger partial charge in [0.15, 0.2) is 0 Å². The first-order chi connectivity index (χ1) is 9.25. The largest absolute Gasteiger partial charge is 0.377 e. The summed E-state index contributed by atoms with van der Waals surface area (Å²) in [5.74, 6) is 0. The Bertz CT molecular complexity index is 358. The Kier molecular flexibility index (Phi) is 5.83. The molecule has 2 rings (SSSR count). The van der Waals surface area contributed by atoms with Crippen LogP contribution in [0.5, 0.6) is 0 Å². The van der Waals surface area contributed by atoms with Crippen molar-refractivity contribution in [2.45, 2.75) is 38.8 Å². The van der Waals surface area contributed by atoms with Crippen LogP contribution in [0.2, 0.25) is 0 Å². The first-order valence-corrected chi connectivity index (χ1v) is 7.25. The topological polar surface area (TPSA) is 30.5 Å². The molecule has 1 aromatic rings. The summed E-state index contributed by atoms with van der Waals surface area (Å²) in [6.45, 7) is 7.56. The van der Waals surface area contributed by atoms with Crippen molar-refractivity contribution in [2.24, 2.45) is 0 Å². The molecule has 0 amide bonds. The van der Waals surface area contributed by atoms with Crippen LogP contribution < -0.4 is 5.32 Å². The highest BCUT2D eigenvalue weighted by molar-refractivity contribution is 5.23. The molecular formula is C16H25NO2. The van der Waals surface area contributed by atoms with Crippen molar-refractivity contribution < 1.29 is 9.47 Å². The maximum Gasteiger partial charge on any atom is 0.0809 e. The molecule has 2 atom stereocenters. The minimum Gasteiger partial charge on any atom is -0.377 e. The summed E-state index contributed by atoms with van der Waals surface area (Å²) in [5, 5.41) is 3.48. The molecule has 1 saturated heterocycles. The van der Waals surface area contributed by atoms with E-state index < -0.39 is 0 Å². The molecule has 1 aliphatic rings. The average molecular weight is 263 g/mol. The standard InChI is InChI=1S/C16H25NO2/c1-13-5-7-15(8-6-13)14(2)17-9-11-18-12-16-4-3-10-19-16/h5-8,14,16-17H,3-4,9-12H2,1-2H3. The van der Waals surface area contributed by atoms with Crippen molar-refractivity contribution >= 4 is 0 Å². The monoisotopic (exact) mass is 263 g/mol. The summed E-state index contributed by atoms with van der Waals surface area (Å²) in [6, 6.07) is 9.04. The quantitative estimate of drug-likeness (QED) is 0.767. The van der Waals surface area contributed by atoms with Crippen LogP contribution in [0.1, 0.15) is 36.9 Å². The third-order valence-electron chi connectivity index (χ3n) is 3.60. The fraction of sp³-hybridized carbons (Fsp3) is 0.625. The molecule has 1 N–H and O–H groups in total. The van der Waals surface area contributed by atoms with Gasteiger partial charge in [0.2, 0.25) is 0 Å². The second kappa shape index (κ2) is 7.63. The van der Waals surface area contributed by atoms with E-state index in [0.717, 1.165) is 32.8 Å². The van der Waals surface area contributed by atoms with Gasteiger partial charge in [0.25, 0.3) is 0 Å². The Hall–Kier alpha value is -0.900. The van der Waals surface area contributed by atoms with Crippen LogP contribution in [0.3, 0.4) is 0 Å². The van der Waals surface area contributed by atoms with Gasteiger partial charge in [-0.3, -0.25) is 0 Å². The van der Waals surface area contributed by atoms with Gasteiger partial charge in [0, 0.05) is 19.2 Å². The summed E-state index contributed by atoms with van der Waals surface area (Å²) in [5.41, 5.74) is 2.63. The van der Waals surface area contributed by atoms with Crippen molar-refractivity contribution in [1.29, 1.82) is 0 Å². The Morgan fingerprint density at radius 1 is 1.37 bits per heavy atom. The van der Waals surface area contributed by atoms with E-state index in [9.17, 15) is 0 Å². The van der Waals surface area contributed by atoms with Crippen LogP contribution in [0.4, 0.5) is 0 Å². The molecule has 3 heteroatoms. The molecule has 0 spiro atoms. The van der Waals surface area contributed by atoms with Crippen LogP contribution >= 0.6 is 0 Å². The highest BCUT2D eigenvalue weighted by atomic mass is 16.5. The minimum absolute atomic E-state index is 0.328. The molecule has 3 nitrogen and oxygen atoms in total. The zero-order chi connectivity index (χ0) is 13.5. The van der Waals surface area contributed by atoms with E-state index in [1.54, 1.807) is 0 Å². The maximum absolute atomic E-state index is 5.64. The smallest absolute Gasteiger partial charge is 0.0809 e. The predicted molar refractivity (Wildman–Crippen MR) is 77.4 cm³/mol. The number of hydrogen-bond acceptors (Lipinski definition) is 3. The van der Waals surface area contributed by atoms with Crippen molar-refractivity contribution in [3.63, 3.8) is 0 Å². The highest BCUT2D eigenvalue weighted by Crippen LogP contribution is 2.13. The van der Waals surface area contributed by atoms with Gasteiger partial charge in [-0.25, -0.2) is 0 Å². The lowest BCUT2D eigenvalue weighted by Crippen LogP contribution is -2.25. The molecule has 2 unspecified atom stereocenters. The van der Waals surface area contributed by atoms with Gasteiger partial charge >= 0.3 is 0 Å². The van der Waals surface area contributed by atoms with Gasteiger partial charge in [-0.15, -0.1) is 0 Å². The van der Waals surface area contributed by atoms with Crippen molar-refractivity contribution in [3.05, 3.63) is 35.4 Å². The predicted octanol–water partition coefficient (Wildman–Crippen LogP) is 2.84. The maximum atomic E-state index is 5.64. The summed E-state index contributed by atoms with van der Waals surface area (Å²) < 4.78 is 11.2. The molecule has 19 heavy (non-hydrogen) atoms. The van der Waals surface area contributed by atoms with Crippen LogP contribution in [-0.4, -0.2) is 32.5 Å².